The van der Waals surface area contributed by atoms with E-state index in [9.17, 15) is 5.11 Å². The molecule has 7 heteroatoms. The molecule has 0 aromatic heterocycles. The molecule has 1 N–H and O–H groups in total. The molecule has 7 nitrogen and oxygen atoms in total. The molecule has 0 bridgehead atoms. The maximum Gasteiger partial charge on any atom is 0.217 e. The van der Waals surface area contributed by atoms with E-state index in [1.54, 1.807) is 33.5 Å². The molecule has 0 radical (unpaired) electrons. The molecule has 0 unspecified atom stereocenters. The third-order valence-corrected chi connectivity index (χ3v) is 5.92. The monoisotopic (exact) mass is 432 g/mol. The molecule has 2 atom stereocenters. The van der Waals surface area contributed by atoms with E-state index in [0.29, 0.717) is 35.0 Å². The average Bonchev–Trinajstić information content (AvgIpc) is 3.28. The van der Waals surface area contributed by atoms with Gasteiger partial charge in [-0.2, -0.15) is 5.10 Å². The normalized spacial score (nSPS) is 18.8. The summed E-state index contributed by atoms with van der Waals surface area (Å²) < 4.78 is 23.2. The number of hydrazone groups is 1. The van der Waals surface area contributed by atoms with Gasteiger partial charge in [0.1, 0.15) is 17.2 Å². The van der Waals surface area contributed by atoms with Gasteiger partial charge in [-0.3, -0.25) is 0 Å². The summed E-state index contributed by atoms with van der Waals surface area (Å²) in [6.45, 7) is 0. The number of rotatable bonds is 5. The van der Waals surface area contributed by atoms with Crippen LogP contribution in [0.3, 0.4) is 0 Å². The molecule has 2 heterocycles. The van der Waals surface area contributed by atoms with Crippen LogP contribution in [0.5, 0.6) is 28.7 Å². The van der Waals surface area contributed by atoms with Crippen LogP contribution in [-0.2, 0) is 0 Å². The Morgan fingerprint density at radius 3 is 2.47 bits per heavy atom. The van der Waals surface area contributed by atoms with Crippen molar-refractivity contribution in [2.75, 3.05) is 21.3 Å². The Morgan fingerprint density at radius 1 is 0.906 bits per heavy atom. The van der Waals surface area contributed by atoms with E-state index in [0.717, 1.165) is 16.8 Å². The van der Waals surface area contributed by atoms with E-state index < -0.39 is 6.23 Å². The van der Waals surface area contributed by atoms with E-state index in [-0.39, 0.29) is 11.8 Å². The Kier molecular flexibility index (Phi) is 5.01. The lowest BCUT2D eigenvalue weighted by Gasteiger charge is -2.39. The van der Waals surface area contributed by atoms with Gasteiger partial charge < -0.3 is 24.1 Å². The molecule has 0 spiro atoms. The molecule has 0 amide bonds. The molecule has 2 aliphatic rings. The van der Waals surface area contributed by atoms with Gasteiger partial charge in [-0.25, -0.2) is 5.01 Å². The fraction of sp³-hybridized carbons (Fsp3) is 0.240. The topological polar surface area (TPSA) is 72.8 Å². The van der Waals surface area contributed by atoms with Gasteiger partial charge in [0.2, 0.25) is 6.23 Å². The van der Waals surface area contributed by atoms with Gasteiger partial charge in [-0.05, 0) is 36.4 Å². The fourth-order valence-electron chi connectivity index (χ4n) is 4.36. The van der Waals surface area contributed by atoms with Crippen molar-refractivity contribution in [3.8, 4) is 28.7 Å². The van der Waals surface area contributed by atoms with Crippen LogP contribution in [-0.4, -0.2) is 37.2 Å². The number of hydrogen-bond donors (Lipinski definition) is 1. The highest BCUT2D eigenvalue weighted by atomic mass is 16.5. The van der Waals surface area contributed by atoms with Gasteiger partial charge >= 0.3 is 0 Å². The van der Waals surface area contributed by atoms with Crippen molar-refractivity contribution in [3.63, 3.8) is 0 Å². The number of aromatic hydroxyl groups is 1. The minimum Gasteiger partial charge on any atom is -0.507 e. The lowest BCUT2D eigenvalue weighted by molar-refractivity contribution is -0.0223. The van der Waals surface area contributed by atoms with Crippen molar-refractivity contribution < 1.29 is 24.1 Å². The summed E-state index contributed by atoms with van der Waals surface area (Å²) in [4.78, 5) is 0. The van der Waals surface area contributed by atoms with Gasteiger partial charge in [0.15, 0.2) is 11.5 Å². The number of fused-ring (bicyclic) bond motifs is 3. The molecule has 164 valence electrons. The molecule has 3 aromatic carbocycles. The van der Waals surface area contributed by atoms with E-state index in [2.05, 4.69) is 0 Å². The van der Waals surface area contributed by atoms with Gasteiger partial charge in [-0.1, -0.05) is 24.3 Å². The first-order valence-electron chi connectivity index (χ1n) is 10.3. The smallest absolute Gasteiger partial charge is 0.217 e. The lowest BCUT2D eigenvalue weighted by atomic mass is 9.95. The molecule has 3 aromatic rings. The molecular weight excluding hydrogens is 408 g/mol. The molecule has 0 saturated heterocycles. The second kappa shape index (κ2) is 8.00. The summed E-state index contributed by atoms with van der Waals surface area (Å²) >= 11 is 0. The Morgan fingerprint density at radius 2 is 1.72 bits per heavy atom. The van der Waals surface area contributed by atoms with Gasteiger partial charge in [-0.15, -0.1) is 0 Å². The van der Waals surface area contributed by atoms with Crippen LogP contribution < -0.4 is 18.9 Å². The maximum atomic E-state index is 10.4. The molecular formula is C25H24N2O5. The Bertz CT molecular complexity index is 1190. The van der Waals surface area contributed by atoms with Crippen LogP contribution in [0.1, 0.15) is 35.4 Å². The van der Waals surface area contributed by atoms with Crippen molar-refractivity contribution in [1.29, 1.82) is 0 Å². The van der Waals surface area contributed by atoms with Crippen LogP contribution in [0.25, 0.3) is 0 Å². The lowest BCUT2D eigenvalue weighted by Crippen LogP contribution is -2.34. The largest absolute Gasteiger partial charge is 0.507 e. The van der Waals surface area contributed by atoms with Gasteiger partial charge in [0, 0.05) is 17.5 Å². The van der Waals surface area contributed by atoms with Crippen molar-refractivity contribution >= 4 is 5.71 Å². The first-order chi connectivity index (χ1) is 15.6. The van der Waals surface area contributed by atoms with Crippen molar-refractivity contribution in [2.45, 2.75) is 18.7 Å². The predicted octanol–water partition coefficient (Wildman–Crippen LogP) is 4.66. The highest BCUT2D eigenvalue weighted by molar-refractivity contribution is 6.04. The number of phenolic OH excluding ortho intramolecular Hbond substituents is 1. The number of ether oxygens (including phenoxy) is 4. The third kappa shape index (κ3) is 3.17. The zero-order valence-electron chi connectivity index (χ0n) is 18.1. The van der Waals surface area contributed by atoms with Crippen LogP contribution in [0.4, 0.5) is 0 Å². The number of para-hydroxylation sites is 2. The molecule has 0 fully saturated rings. The molecule has 0 saturated carbocycles. The number of nitrogens with zero attached hydrogens (tertiary/aromatic N) is 2. The number of methoxy groups -OCH3 is 3. The zero-order chi connectivity index (χ0) is 22.2. The minimum atomic E-state index is -0.572. The highest BCUT2D eigenvalue weighted by Gasteiger charge is 2.43. The van der Waals surface area contributed by atoms with Crippen molar-refractivity contribution in [1.82, 2.24) is 5.01 Å². The minimum absolute atomic E-state index is 0.0932. The summed E-state index contributed by atoms with van der Waals surface area (Å²) in [7, 11) is 4.88. The Labute approximate surface area is 186 Å². The van der Waals surface area contributed by atoms with E-state index >= 15 is 0 Å². The molecule has 5 rings (SSSR count). The van der Waals surface area contributed by atoms with Crippen LogP contribution >= 0.6 is 0 Å². The number of benzene rings is 3. The first kappa shape index (κ1) is 20.1. The second-order valence-corrected chi connectivity index (χ2v) is 7.62. The Balaban J connectivity index is 1.67. The summed E-state index contributed by atoms with van der Waals surface area (Å²) in [6, 6.07) is 18.6. The molecule has 2 aliphatic heterocycles. The van der Waals surface area contributed by atoms with Gasteiger partial charge in [0.25, 0.3) is 0 Å². The first-order valence-corrected chi connectivity index (χ1v) is 10.3. The van der Waals surface area contributed by atoms with Crippen molar-refractivity contribution in [3.05, 3.63) is 77.4 Å². The van der Waals surface area contributed by atoms with E-state index in [4.69, 9.17) is 24.0 Å². The maximum absolute atomic E-state index is 10.4. The van der Waals surface area contributed by atoms with E-state index in [1.807, 2.05) is 53.5 Å². The summed E-state index contributed by atoms with van der Waals surface area (Å²) in [5.41, 5.74) is 3.27. The summed E-state index contributed by atoms with van der Waals surface area (Å²) in [5.74, 6) is 2.90. The average molecular weight is 432 g/mol. The predicted molar refractivity (Wildman–Crippen MR) is 120 cm³/mol. The quantitative estimate of drug-likeness (QED) is 0.632. The summed E-state index contributed by atoms with van der Waals surface area (Å²) in [6.07, 6.45) is 0.0429. The zero-order valence-corrected chi connectivity index (χ0v) is 18.1. The Hall–Kier alpha value is -3.87. The van der Waals surface area contributed by atoms with Crippen LogP contribution in [0.2, 0.25) is 0 Å². The molecule has 0 aliphatic carbocycles. The fourth-order valence-corrected chi connectivity index (χ4v) is 4.36. The number of phenols is 1. The SMILES string of the molecule is COc1ccc(OC)c([C@H]2Oc3c(OC)cccc3[C@@H]3CC(c4ccccc4O)=NN23)c1. The molecule has 32 heavy (non-hydrogen) atoms. The third-order valence-electron chi connectivity index (χ3n) is 5.92. The number of hydrogen-bond acceptors (Lipinski definition) is 7. The van der Waals surface area contributed by atoms with Crippen molar-refractivity contribution in [2.24, 2.45) is 5.10 Å². The highest BCUT2D eigenvalue weighted by Crippen LogP contribution is 2.52. The second-order valence-electron chi connectivity index (χ2n) is 7.62. The standard InChI is InChI=1S/C25H24N2O5/c1-29-15-11-12-22(30-2)18(13-15)25-27-20(17-8-6-10-23(31-3)24(17)32-25)14-19(26-27)16-7-4-5-9-21(16)28/h4-13,20,25,28H,14H2,1-3H3/t20-,25+/m0/s1. The van der Waals surface area contributed by atoms with Crippen LogP contribution in [0, 0.1) is 0 Å². The summed E-state index contributed by atoms with van der Waals surface area (Å²) in [5, 5.41) is 17.3. The van der Waals surface area contributed by atoms with E-state index in [1.165, 1.54) is 0 Å². The van der Waals surface area contributed by atoms with Gasteiger partial charge in [0.05, 0.1) is 38.6 Å². The van der Waals surface area contributed by atoms with Crippen LogP contribution in [0.15, 0.2) is 65.8 Å².